The van der Waals surface area contributed by atoms with E-state index in [0.717, 1.165) is 55.1 Å². The van der Waals surface area contributed by atoms with E-state index in [2.05, 4.69) is 55.1 Å². The minimum Gasteiger partial charge on any atom is -0.491 e. The van der Waals surface area contributed by atoms with Gasteiger partial charge in [0, 0.05) is 24.0 Å². The molecule has 1 saturated carbocycles. The molecule has 1 heterocycles. The van der Waals surface area contributed by atoms with E-state index in [1.165, 1.54) is 29.7 Å². The van der Waals surface area contributed by atoms with Gasteiger partial charge in [-0.2, -0.15) is 0 Å². The fraction of sp³-hybridized carbons (Fsp3) is 0.500. The van der Waals surface area contributed by atoms with Crippen molar-refractivity contribution in [1.82, 2.24) is 0 Å². The van der Waals surface area contributed by atoms with Gasteiger partial charge in [0.2, 0.25) is 0 Å². The van der Waals surface area contributed by atoms with Gasteiger partial charge in [-0.1, -0.05) is 56.5 Å². The van der Waals surface area contributed by atoms with Crippen LogP contribution in [0.4, 0.5) is 5.69 Å². The predicted molar refractivity (Wildman–Crippen MR) is 114 cm³/mol. The van der Waals surface area contributed by atoms with Gasteiger partial charge < -0.3 is 9.64 Å². The van der Waals surface area contributed by atoms with Crippen LogP contribution in [0.3, 0.4) is 0 Å². The number of fused-ring (bicyclic) bond motifs is 1. The van der Waals surface area contributed by atoms with Gasteiger partial charge >= 0.3 is 0 Å². The topological polar surface area (TPSA) is 12.5 Å². The maximum Gasteiger partial charge on any atom is 0.142 e. The second-order valence-electron chi connectivity index (χ2n) is 8.29. The highest BCUT2D eigenvalue weighted by Gasteiger charge is 2.32. The van der Waals surface area contributed by atoms with E-state index in [4.69, 9.17) is 16.3 Å². The highest BCUT2D eigenvalue weighted by Crippen LogP contribution is 2.40. The first-order chi connectivity index (χ1) is 13.2. The molecule has 1 aliphatic carbocycles. The summed E-state index contributed by atoms with van der Waals surface area (Å²) in [6, 6.07) is 14.9. The number of nitrogens with zero attached hydrogens (tertiary/aromatic N) is 1. The highest BCUT2D eigenvalue weighted by molar-refractivity contribution is 6.30. The number of hydrogen-bond acceptors (Lipinski definition) is 2. The van der Waals surface area contributed by atoms with Crippen LogP contribution in [0.1, 0.15) is 50.2 Å². The number of hydrogen-bond donors (Lipinski definition) is 0. The van der Waals surface area contributed by atoms with Crippen molar-refractivity contribution in [2.75, 3.05) is 24.6 Å². The van der Waals surface area contributed by atoms with Crippen molar-refractivity contribution in [2.45, 2.75) is 45.4 Å². The lowest BCUT2D eigenvalue weighted by Crippen LogP contribution is -2.39. The minimum atomic E-state index is 0.367. The van der Waals surface area contributed by atoms with Gasteiger partial charge in [0.1, 0.15) is 5.75 Å². The standard InChI is InChI=1S/C24H30ClNO/c1-3-6-18-13-21(25)11-12-22(18)20-15-26(14-19-10-9-17(19)2)23-7-4-5-8-24(23)27-16-20/h4-5,7-8,11-13,17,19-20H,3,6,9-10,14-16H2,1-2H3. The average molecular weight is 384 g/mol. The van der Waals surface area contributed by atoms with Crippen molar-refractivity contribution in [3.63, 3.8) is 0 Å². The molecule has 27 heavy (non-hydrogen) atoms. The summed E-state index contributed by atoms with van der Waals surface area (Å²) in [7, 11) is 0. The molecule has 1 aliphatic heterocycles. The summed E-state index contributed by atoms with van der Waals surface area (Å²) in [6.07, 6.45) is 4.93. The highest BCUT2D eigenvalue weighted by atomic mass is 35.5. The molecule has 144 valence electrons. The van der Waals surface area contributed by atoms with Crippen LogP contribution in [0.15, 0.2) is 42.5 Å². The van der Waals surface area contributed by atoms with Crippen molar-refractivity contribution >= 4 is 17.3 Å². The number of rotatable bonds is 5. The molecule has 2 nitrogen and oxygen atoms in total. The van der Waals surface area contributed by atoms with Crippen LogP contribution in [0.5, 0.6) is 5.75 Å². The Balaban J connectivity index is 1.64. The second kappa shape index (κ2) is 8.14. The van der Waals surface area contributed by atoms with Gasteiger partial charge in [-0.3, -0.25) is 0 Å². The Hall–Kier alpha value is -1.67. The van der Waals surface area contributed by atoms with Gasteiger partial charge in [-0.05, 0) is 60.1 Å². The van der Waals surface area contributed by atoms with E-state index in [-0.39, 0.29) is 0 Å². The quantitative estimate of drug-likeness (QED) is 0.598. The molecule has 0 aromatic heterocycles. The molecular formula is C24H30ClNO. The first-order valence-corrected chi connectivity index (χ1v) is 10.8. The van der Waals surface area contributed by atoms with Crippen LogP contribution in [0.25, 0.3) is 0 Å². The lowest BCUT2D eigenvalue weighted by Gasteiger charge is -2.39. The van der Waals surface area contributed by atoms with E-state index in [9.17, 15) is 0 Å². The Bertz CT molecular complexity index is 790. The second-order valence-corrected chi connectivity index (χ2v) is 8.72. The Kier molecular flexibility index (Phi) is 5.63. The van der Waals surface area contributed by atoms with Gasteiger partial charge in [-0.25, -0.2) is 0 Å². The molecule has 0 bridgehead atoms. The van der Waals surface area contributed by atoms with Crippen molar-refractivity contribution in [3.05, 3.63) is 58.6 Å². The number of benzene rings is 2. The predicted octanol–water partition coefficient (Wildman–Crippen LogP) is 6.32. The Morgan fingerprint density at radius 2 is 2.00 bits per heavy atom. The first-order valence-electron chi connectivity index (χ1n) is 10.4. The lowest BCUT2D eigenvalue weighted by molar-refractivity contribution is 0.200. The summed E-state index contributed by atoms with van der Waals surface area (Å²) >= 11 is 6.30. The Morgan fingerprint density at radius 3 is 2.74 bits per heavy atom. The summed E-state index contributed by atoms with van der Waals surface area (Å²) in [5.74, 6) is 3.03. The largest absolute Gasteiger partial charge is 0.491 e. The van der Waals surface area contributed by atoms with Gasteiger partial charge in [-0.15, -0.1) is 0 Å². The molecule has 2 aliphatic rings. The number of ether oxygens (including phenoxy) is 1. The summed E-state index contributed by atoms with van der Waals surface area (Å²) in [5.41, 5.74) is 4.03. The van der Waals surface area contributed by atoms with Crippen molar-refractivity contribution < 1.29 is 4.74 Å². The van der Waals surface area contributed by atoms with E-state index < -0.39 is 0 Å². The molecule has 2 aromatic carbocycles. The molecular weight excluding hydrogens is 354 g/mol. The average Bonchev–Trinajstić information content (AvgIpc) is 2.85. The summed E-state index contributed by atoms with van der Waals surface area (Å²) in [6.45, 7) is 7.50. The zero-order valence-corrected chi connectivity index (χ0v) is 17.2. The maximum atomic E-state index is 6.30. The van der Waals surface area contributed by atoms with Crippen molar-refractivity contribution in [2.24, 2.45) is 11.8 Å². The molecule has 3 heteroatoms. The minimum absolute atomic E-state index is 0.367. The molecule has 3 unspecified atom stereocenters. The zero-order chi connectivity index (χ0) is 18.8. The van der Waals surface area contributed by atoms with E-state index >= 15 is 0 Å². The van der Waals surface area contributed by atoms with Crippen molar-refractivity contribution in [1.29, 1.82) is 0 Å². The normalized spacial score (nSPS) is 24.6. The molecule has 1 fully saturated rings. The number of aryl methyl sites for hydroxylation is 1. The number of halogens is 1. The molecule has 0 spiro atoms. The summed E-state index contributed by atoms with van der Waals surface area (Å²) < 4.78 is 6.29. The van der Waals surface area contributed by atoms with Crippen LogP contribution < -0.4 is 9.64 Å². The summed E-state index contributed by atoms with van der Waals surface area (Å²) in [5, 5.41) is 0.833. The third-order valence-electron chi connectivity index (χ3n) is 6.40. The molecule has 4 rings (SSSR count). The number of para-hydroxylation sites is 2. The summed E-state index contributed by atoms with van der Waals surface area (Å²) in [4.78, 5) is 2.58. The van der Waals surface area contributed by atoms with Crippen LogP contribution in [0.2, 0.25) is 5.02 Å². The SMILES string of the molecule is CCCc1cc(Cl)ccc1C1COc2ccccc2N(CC2CCC2C)C1. The van der Waals surface area contributed by atoms with Gasteiger partial charge in [0.05, 0.1) is 12.3 Å². The molecule has 0 saturated heterocycles. The van der Waals surface area contributed by atoms with E-state index in [1.54, 1.807) is 0 Å². The fourth-order valence-electron chi connectivity index (χ4n) is 4.56. The molecule has 0 N–H and O–H groups in total. The van der Waals surface area contributed by atoms with Crippen LogP contribution >= 0.6 is 11.6 Å². The van der Waals surface area contributed by atoms with Gasteiger partial charge in [0.15, 0.2) is 0 Å². The third-order valence-corrected chi connectivity index (χ3v) is 6.64. The number of anilines is 1. The Morgan fingerprint density at radius 1 is 1.15 bits per heavy atom. The van der Waals surface area contributed by atoms with Crippen LogP contribution in [-0.2, 0) is 6.42 Å². The van der Waals surface area contributed by atoms with Gasteiger partial charge in [0.25, 0.3) is 0 Å². The molecule has 0 amide bonds. The van der Waals surface area contributed by atoms with E-state index in [1.807, 2.05) is 6.07 Å². The van der Waals surface area contributed by atoms with Crippen molar-refractivity contribution in [3.8, 4) is 5.75 Å². The van der Waals surface area contributed by atoms with E-state index in [0.29, 0.717) is 5.92 Å². The molecule has 2 aromatic rings. The first kappa shape index (κ1) is 18.7. The monoisotopic (exact) mass is 383 g/mol. The van der Waals surface area contributed by atoms with Crippen LogP contribution in [0, 0.1) is 11.8 Å². The fourth-order valence-corrected chi connectivity index (χ4v) is 4.75. The smallest absolute Gasteiger partial charge is 0.142 e. The maximum absolute atomic E-state index is 6.30. The molecule has 3 atom stereocenters. The molecule has 0 radical (unpaired) electrons. The van der Waals surface area contributed by atoms with Crippen LogP contribution in [-0.4, -0.2) is 19.7 Å². The Labute approximate surface area is 168 Å². The zero-order valence-electron chi connectivity index (χ0n) is 16.5. The lowest BCUT2D eigenvalue weighted by atomic mass is 9.74. The third kappa shape index (κ3) is 3.96.